The topological polar surface area (TPSA) is 3.24 Å². The Morgan fingerprint density at radius 1 is 0.714 bits per heavy atom. The maximum Gasteiger partial charge on any atom is 0.0399 e. The molecule has 110 valence electrons. The Morgan fingerprint density at radius 2 is 1.24 bits per heavy atom. The minimum absolute atomic E-state index is 0.604. The van der Waals surface area contributed by atoms with Gasteiger partial charge in [0.1, 0.15) is 0 Å². The average Bonchev–Trinajstić information content (AvgIpc) is 2.54. The molecule has 0 heterocycles. The van der Waals surface area contributed by atoms with Crippen molar-refractivity contribution in [1.82, 2.24) is 0 Å². The van der Waals surface area contributed by atoms with E-state index in [0.29, 0.717) is 11.8 Å². The third-order valence-corrected chi connectivity index (χ3v) is 3.57. The van der Waals surface area contributed by atoms with E-state index in [1.807, 2.05) is 18.2 Å². The highest BCUT2D eigenvalue weighted by Crippen LogP contribution is 2.17. The van der Waals surface area contributed by atoms with Crippen LogP contribution in [0.2, 0.25) is 0 Å². The fourth-order valence-corrected chi connectivity index (χ4v) is 2.53. The highest BCUT2D eigenvalue weighted by Gasteiger charge is 2.04. The van der Waals surface area contributed by atoms with Gasteiger partial charge >= 0.3 is 0 Å². The number of anilines is 1. The van der Waals surface area contributed by atoms with Crippen molar-refractivity contribution in [2.75, 3.05) is 29.7 Å². The Balaban J connectivity index is 2.06. The summed E-state index contributed by atoms with van der Waals surface area (Å²) < 4.78 is 0. The number of nitrogens with zero attached hydrogens (tertiary/aromatic N) is 1. The maximum atomic E-state index is 5.83. The van der Waals surface area contributed by atoms with Crippen LogP contribution >= 0.6 is 23.2 Å². The molecular formula is C18H19Cl2N. The summed E-state index contributed by atoms with van der Waals surface area (Å²) in [5.41, 5.74) is 3.54. The Kier molecular flexibility index (Phi) is 6.65. The largest absolute Gasteiger partial charge is 0.369 e. The fraction of sp³-hybridized carbons (Fsp3) is 0.222. The van der Waals surface area contributed by atoms with E-state index in [9.17, 15) is 0 Å². The second-order valence-electron chi connectivity index (χ2n) is 4.70. The average molecular weight is 320 g/mol. The second-order valence-corrected chi connectivity index (χ2v) is 5.46. The van der Waals surface area contributed by atoms with Gasteiger partial charge in [0.05, 0.1) is 0 Å². The standard InChI is InChI=1S/C18H19Cl2N/c19-12-14-21(15-13-20)18-10-8-17(9-11-18)7-6-16-4-2-1-3-5-16/h1-11H,12-15H2. The first kappa shape index (κ1) is 15.9. The fourth-order valence-electron chi connectivity index (χ4n) is 2.13. The van der Waals surface area contributed by atoms with Crippen LogP contribution in [0.5, 0.6) is 0 Å². The molecule has 0 amide bonds. The first-order valence-corrected chi connectivity index (χ1v) is 8.10. The lowest BCUT2D eigenvalue weighted by atomic mass is 10.1. The molecule has 1 nitrogen and oxygen atoms in total. The minimum Gasteiger partial charge on any atom is -0.369 e. The monoisotopic (exact) mass is 319 g/mol. The van der Waals surface area contributed by atoms with Gasteiger partial charge in [-0.3, -0.25) is 0 Å². The molecule has 2 aromatic carbocycles. The van der Waals surface area contributed by atoms with E-state index >= 15 is 0 Å². The molecule has 0 atom stereocenters. The molecule has 0 fully saturated rings. The Bertz CT molecular complexity index is 543. The highest BCUT2D eigenvalue weighted by molar-refractivity contribution is 6.18. The number of benzene rings is 2. The van der Waals surface area contributed by atoms with Crippen LogP contribution < -0.4 is 4.90 Å². The van der Waals surface area contributed by atoms with Crippen LogP contribution in [0, 0.1) is 0 Å². The van der Waals surface area contributed by atoms with Crippen molar-refractivity contribution < 1.29 is 0 Å². The molecule has 0 N–H and O–H groups in total. The van der Waals surface area contributed by atoms with E-state index < -0.39 is 0 Å². The van der Waals surface area contributed by atoms with Crippen LogP contribution in [0.15, 0.2) is 54.6 Å². The number of alkyl halides is 2. The predicted octanol–water partition coefficient (Wildman–Crippen LogP) is 5.14. The van der Waals surface area contributed by atoms with Crippen molar-refractivity contribution in [3.8, 4) is 0 Å². The second kappa shape index (κ2) is 8.76. The summed E-state index contributed by atoms with van der Waals surface area (Å²) in [7, 11) is 0. The van der Waals surface area contributed by atoms with Crippen LogP contribution in [0.3, 0.4) is 0 Å². The van der Waals surface area contributed by atoms with Gasteiger partial charge in [0.2, 0.25) is 0 Å². The quantitative estimate of drug-likeness (QED) is 0.504. The summed E-state index contributed by atoms with van der Waals surface area (Å²) in [5, 5.41) is 0. The zero-order valence-electron chi connectivity index (χ0n) is 11.9. The first-order valence-electron chi connectivity index (χ1n) is 7.03. The van der Waals surface area contributed by atoms with E-state index in [0.717, 1.165) is 18.8 Å². The van der Waals surface area contributed by atoms with Gasteiger partial charge < -0.3 is 4.90 Å². The van der Waals surface area contributed by atoms with Crippen LogP contribution in [-0.2, 0) is 0 Å². The Hall–Kier alpha value is -1.44. The van der Waals surface area contributed by atoms with E-state index in [-0.39, 0.29) is 0 Å². The number of hydrogen-bond donors (Lipinski definition) is 0. The first-order chi connectivity index (χ1) is 10.3. The molecule has 0 aliphatic rings. The summed E-state index contributed by atoms with van der Waals surface area (Å²) in [5.74, 6) is 1.21. The predicted molar refractivity (Wildman–Crippen MR) is 95.5 cm³/mol. The van der Waals surface area contributed by atoms with Gasteiger partial charge in [-0.15, -0.1) is 23.2 Å². The third-order valence-electron chi connectivity index (χ3n) is 3.23. The van der Waals surface area contributed by atoms with Crippen LogP contribution in [0.4, 0.5) is 5.69 Å². The van der Waals surface area contributed by atoms with Gasteiger partial charge in [-0.25, -0.2) is 0 Å². The molecule has 3 heteroatoms. The third kappa shape index (κ3) is 5.11. The van der Waals surface area contributed by atoms with Crippen LogP contribution in [0.25, 0.3) is 12.2 Å². The molecule has 0 saturated heterocycles. The van der Waals surface area contributed by atoms with Gasteiger partial charge in [-0.2, -0.15) is 0 Å². The summed E-state index contributed by atoms with van der Waals surface area (Å²) in [6.45, 7) is 1.63. The van der Waals surface area contributed by atoms with Gasteiger partial charge in [0.15, 0.2) is 0 Å². The van der Waals surface area contributed by atoms with Crippen molar-refractivity contribution in [3.63, 3.8) is 0 Å². The number of rotatable bonds is 7. The lowest BCUT2D eigenvalue weighted by Crippen LogP contribution is -2.27. The SMILES string of the molecule is ClCCN(CCCl)c1ccc(C=Cc2ccccc2)cc1. The molecule has 0 bridgehead atoms. The minimum atomic E-state index is 0.604. The summed E-state index contributed by atoms with van der Waals surface area (Å²) in [6, 6.07) is 18.7. The molecule has 0 aromatic heterocycles. The van der Waals surface area contributed by atoms with E-state index in [2.05, 4.69) is 53.5 Å². The Labute approximate surface area is 136 Å². The van der Waals surface area contributed by atoms with Gasteiger partial charge in [0.25, 0.3) is 0 Å². The van der Waals surface area contributed by atoms with Crippen molar-refractivity contribution in [3.05, 3.63) is 65.7 Å². The summed E-state index contributed by atoms with van der Waals surface area (Å²) >= 11 is 11.7. The van der Waals surface area contributed by atoms with Crippen molar-refractivity contribution in [2.45, 2.75) is 0 Å². The number of hydrogen-bond acceptors (Lipinski definition) is 1. The van der Waals surface area contributed by atoms with Gasteiger partial charge in [-0.05, 0) is 23.3 Å². The van der Waals surface area contributed by atoms with Crippen LogP contribution in [-0.4, -0.2) is 24.8 Å². The molecule has 2 rings (SSSR count). The van der Waals surface area contributed by atoms with E-state index in [1.165, 1.54) is 11.1 Å². The molecule has 0 aliphatic carbocycles. The zero-order chi connectivity index (χ0) is 14.9. The maximum absolute atomic E-state index is 5.83. The lowest BCUT2D eigenvalue weighted by molar-refractivity contribution is 0.874. The molecular weight excluding hydrogens is 301 g/mol. The summed E-state index contributed by atoms with van der Waals surface area (Å²) in [6.07, 6.45) is 4.23. The molecule has 0 saturated carbocycles. The van der Waals surface area contributed by atoms with Crippen molar-refractivity contribution in [1.29, 1.82) is 0 Å². The molecule has 0 unspecified atom stereocenters. The molecule has 21 heavy (non-hydrogen) atoms. The normalized spacial score (nSPS) is 11.0. The van der Waals surface area contributed by atoms with E-state index in [4.69, 9.17) is 23.2 Å². The highest BCUT2D eigenvalue weighted by atomic mass is 35.5. The van der Waals surface area contributed by atoms with Crippen LogP contribution in [0.1, 0.15) is 11.1 Å². The van der Waals surface area contributed by atoms with Crippen molar-refractivity contribution >= 4 is 41.0 Å². The molecule has 0 aliphatic heterocycles. The Morgan fingerprint density at radius 3 is 1.76 bits per heavy atom. The zero-order valence-corrected chi connectivity index (χ0v) is 13.4. The van der Waals surface area contributed by atoms with Crippen molar-refractivity contribution in [2.24, 2.45) is 0 Å². The van der Waals surface area contributed by atoms with Gasteiger partial charge in [0, 0.05) is 30.5 Å². The summed E-state index contributed by atoms with van der Waals surface area (Å²) in [4.78, 5) is 2.20. The van der Waals surface area contributed by atoms with Gasteiger partial charge in [-0.1, -0.05) is 54.6 Å². The lowest BCUT2D eigenvalue weighted by Gasteiger charge is -2.22. The van der Waals surface area contributed by atoms with E-state index in [1.54, 1.807) is 0 Å². The number of halogens is 2. The molecule has 0 radical (unpaired) electrons. The molecule has 0 spiro atoms. The molecule has 2 aromatic rings. The smallest absolute Gasteiger partial charge is 0.0399 e.